The molecule has 134 valence electrons. The Balaban J connectivity index is 1.70. The molecule has 1 spiro atoms. The van der Waals surface area contributed by atoms with Crippen LogP contribution in [0.3, 0.4) is 0 Å². The number of amides is 4. The molecule has 0 unspecified atom stereocenters. The van der Waals surface area contributed by atoms with Gasteiger partial charge in [0.2, 0.25) is 5.91 Å². The number of nitrogens with zero attached hydrogens (tertiary/aromatic N) is 2. The average Bonchev–Trinajstić information content (AvgIpc) is 2.75. The van der Waals surface area contributed by atoms with Gasteiger partial charge in [-0.3, -0.25) is 14.5 Å². The lowest BCUT2D eigenvalue weighted by molar-refractivity contribution is -0.143. The Bertz CT molecular complexity index is 530. The minimum absolute atomic E-state index is 0.112. The lowest BCUT2D eigenvalue weighted by atomic mass is 9.77. The largest absolute Gasteiger partial charge is 0.336 e. The lowest BCUT2D eigenvalue weighted by Gasteiger charge is -2.39. The summed E-state index contributed by atoms with van der Waals surface area (Å²) in [5, 5.41) is 2.89. The van der Waals surface area contributed by atoms with E-state index in [1.54, 1.807) is 0 Å². The number of likely N-dealkylation sites (tertiary alicyclic amines) is 1. The summed E-state index contributed by atoms with van der Waals surface area (Å²) < 4.78 is 0. The molecule has 1 saturated carbocycles. The van der Waals surface area contributed by atoms with E-state index < -0.39 is 11.6 Å². The van der Waals surface area contributed by atoms with Crippen molar-refractivity contribution < 1.29 is 14.4 Å². The van der Waals surface area contributed by atoms with Gasteiger partial charge in [0.1, 0.15) is 12.1 Å². The second kappa shape index (κ2) is 6.37. The Hall–Kier alpha value is -1.59. The Kier molecular flexibility index (Phi) is 4.58. The molecule has 2 atom stereocenters. The van der Waals surface area contributed by atoms with E-state index in [-0.39, 0.29) is 30.4 Å². The molecule has 1 N–H and O–H groups in total. The molecule has 0 aromatic rings. The third-order valence-corrected chi connectivity index (χ3v) is 6.15. The van der Waals surface area contributed by atoms with Gasteiger partial charge in [-0.1, -0.05) is 6.92 Å². The highest BCUT2D eigenvalue weighted by atomic mass is 16.2. The SMILES string of the molecule is CC1CCC2(CC1)NC(=O)N(CC(=O)N1[C@@H](C)CCC[C@@H]1C)C2=O. The number of piperidine rings is 1. The first-order valence-corrected chi connectivity index (χ1v) is 9.29. The molecule has 2 heterocycles. The van der Waals surface area contributed by atoms with Crippen molar-refractivity contribution in [3.8, 4) is 0 Å². The Morgan fingerprint density at radius 3 is 2.25 bits per heavy atom. The normalized spacial score (nSPS) is 37.0. The summed E-state index contributed by atoms with van der Waals surface area (Å²) in [7, 11) is 0. The maximum Gasteiger partial charge on any atom is 0.325 e. The molecule has 4 amide bonds. The Morgan fingerprint density at radius 2 is 1.67 bits per heavy atom. The van der Waals surface area contributed by atoms with E-state index in [0.717, 1.165) is 37.0 Å². The van der Waals surface area contributed by atoms with E-state index >= 15 is 0 Å². The van der Waals surface area contributed by atoms with Crippen LogP contribution in [0.25, 0.3) is 0 Å². The van der Waals surface area contributed by atoms with Crippen LogP contribution in [0.1, 0.15) is 65.7 Å². The van der Waals surface area contributed by atoms with E-state index in [2.05, 4.69) is 12.2 Å². The smallest absolute Gasteiger partial charge is 0.325 e. The topological polar surface area (TPSA) is 69.7 Å². The molecule has 6 heteroatoms. The zero-order chi connectivity index (χ0) is 17.5. The second-order valence-electron chi connectivity index (χ2n) is 8.02. The molecule has 3 fully saturated rings. The van der Waals surface area contributed by atoms with E-state index in [9.17, 15) is 14.4 Å². The van der Waals surface area contributed by atoms with Gasteiger partial charge in [0, 0.05) is 12.1 Å². The predicted molar refractivity (Wildman–Crippen MR) is 90.2 cm³/mol. The standard InChI is InChI=1S/C18H29N3O3/c1-12-7-9-18(10-8-12)16(23)20(17(24)19-18)11-15(22)21-13(2)5-4-6-14(21)3/h12-14H,4-11H2,1-3H3,(H,19,24)/t12?,13-,14-,18?/m0/s1. The molecule has 3 rings (SSSR count). The maximum atomic E-state index is 12.9. The molecule has 2 saturated heterocycles. The minimum atomic E-state index is -0.761. The van der Waals surface area contributed by atoms with E-state index in [4.69, 9.17) is 0 Å². The van der Waals surface area contributed by atoms with Crippen molar-refractivity contribution >= 4 is 17.8 Å². The van der Waals surface area contributed by atoms with Crippen LogP contribution >= 0.6 is 0 Å². The van der Waals surface area contributed by atoms with Crippen LogP contribution in [-0.4, -0.2) is 51.8 Å². The molecular formula is C18H29N3O3. The number of hydrogen-bond donors (Lipinski definition) is 1. The van der Waals surface area contributed by atoms with Crippen LogP contribution in [0.5, 0.6) is 0 Å². The van der Waals surface area contributed by atoms with Gasteiger partial charge < -0.3 is 10.2 Å². The van der Waals surface area contributed by atoms with Gasteiger partial charge in [-0.05, 0) is 64.7 Å². The van der Waals surface area contributed by atoms with E-state index in [0.29, 0.717) is 18.8 Å². The van der Waals surface area contributed by atoms with Gasteiger partial charge >= 0.3 is 6.03 Å². The zero-order valence-electron chi connectivity index (χ0n) is 15.0. The summed E-state index contributed by atoms with van der Waals surface area (Å²) in [6.07, 6.45) is 6.33. The number of rotatable bonds is 2. The Labute approximate surface area is 143 Å². The maximum absolute atomic E-state index is 12.9. The first kappa shape index (κ1) is 17.2. The highest BCUT2D eigenvalue weighted by molar-refractivity contribution is 6.09. The van der Waals surface area contributed by atoms with Crippen LogP contribution in [0.15, 0.2) is 0 Å². The Morgan fingerprint density at radius 1 is 1.08 bits per heavy atom. The van der Waals surface area contributed by atoms with Crippen molar-refractivity contribution in [2.24, 2.45) is 5.92 Å². The van der Waals surface area contributed by atoms with Gasteiger partial charge in [-0.15, -0.1) is 0 Å². The van der Waals surface area contributed by atoms with Crippen LogP contribution in [0.4, 0.5) is 4.79 Å². The molecule has 1 aliphatic carbocycles. The number of carbonyl (C=O) groups excluding carboxylic acids is 3. The lowest BCUT2D eigenvalue weighted by Crippen LogP contribution is -2.53. The van der Waals surface area contributed by atoms with Crippen molar-refractivity contribution in [3.05, 3.63) is 0 Å². The minimum Gasteiger partial charge on any atom is -0.336 e. The summed E-state index contributed by atoms with van der Waals surface area (Å²) in [6.45, 7) is 6.14. The van der Waals surface area contributed by atoms with Gasteiger partial charge in [0.05, 0.1) is 0 Å². The fourth-order valence-electron chi connectivity index (χ4n) is 4.54. The highest BCUT2D eigenvalue weighted by Gasteiger charge is 2.52. The van der Waals surface area contributed by atoms with Crippen LogP contribution < -0.4 is 5.32 Å². The number of carbonyl (C=O) groups is 3. The molecule has 0 aromatic carbocycles. The monoisotopic (exact) mass is 335 g/mol. The first-order valence-electron chi connectivity index (χ1n) is 9.29. The van der Waals surface area contributed by atoms with Crippen LogP contribution in [-0.2, 0) is 9.59 Å². The van der Waals surface area contributed by atoms with Crippen LogP contribution in [0, 0.1) is 5.92 Å². The summed E-state index contributed by atoms with van der Waals surface area (Å²) in [5.41, 5.74) is -0.761. The average molecular weight is 335 g/mol. The number of imide groups is 1. The van der Waals surface area contributed by atoms with E-state index in [1.807, 2.05) is 18.7 Å². The summed E-state index contributed by atoms with van der Waals surface area (Å²) in [6, 6.07) is -0.0572. The summed E-state index contributed by atoms with van der Waals surface area (Å²) in [5.74, 6) is 0.274. The van der Waals surface area contributed by atoms with Crippen molar-refractivity contribution in [2.75, 3.05) is 6.54 Å². The quantitative estimate of drug-likeness (QED) is 0.787. The third kappa shape index (κ3) is 2.91. The summed E-state index contributed by atoms with van der Waals surface area (Å²) >= 11 is 0. The van der Waals surface area contributed by atoms with Gasteiger partial charge in [0.15, 0.2) is 0 Å². The predicted octanol–water partition coefficient (Wildman–Crippen LogP) is 2.28. The second-order valence-corrected chi connectivity index (χ2v) is 8.02. The van der Waals surface area contributed by atoms with Crippen molar-refractivity contribution in [1.29, 1.82) is 0 Å². The zero-order valence-corrected chi connectivity index (χ0v) is 15.0. The van der Waals surface area contributed by atoms with Gasteiger partial charge in [-0.25, -0.2) is 4.79 Å². The third-order valence-electron chi connectivity index (χ3n) is 6.15. The molecule has 0 aromatic heterocycles. The fourth-order valence-corrected chi connectivity index (χ4v) is 4.54. The molecule has 6 nitrogen and oxygen atoms in total. The molecule has 3 aliphatic rings. The van der Waals surface area contributed by atoms with Gasteiger partial charge in [0.25, 0.3) is 5.91 Å². The van der Waals surface area contributed by atoms with Crippen molar-refractivity contribution in [3.63, 3.8) is 0 Å². The number of urea groups is 1. The number of nitrogens with one attached hydrogen (secondary N) is 1. The van der Waals surface area contributed by atoms with E-state index in [1.165, 1.54) is 0 Å². The van der Waals surface area contributed by atoms with Crippen molar-refractivity contribution in [2.45, 2.75) is 83.3 Å². The van der Waals surface area contributed by atoms with Gasteiger partial charge in [-0.2, -0.15) is 0 Å². The highest BCUT2D eigenvalue weighted by Crippen LogP contribution is 2.36. The van der Waals surface area contributed by atoms with Crippen LogP contribution in [0.2, 0.25) is 0 Å². The fraction of sp³-hybridized carbons (Fsp3) is 0.833. The summed E-state index contributed by atoms with van der Waals surface area (Å²) in [4.78, 5) is 40.9. The molecular weight excluding hydrogens is 306 g/mol. The molecule has 2 aliphatic heterocycles. The molecule has 24 heavy (non-hydrogen) atoms. The molecule has 0 radical (unpaired) electrons. The number of hydrogen-bond acceptors (Lipinski definition) is 3. The first-order chi connectivity index (χ1) is 11.3. The van der Waals surface area contributed by atoms with Crippen molar-refractivity contribution in [1.82, 2.24) is 15.1 Å². The molecule has 0 bridgehead atoms.